The molecule has 0 N–H and O–H groups in total. The average molecular weight is 534 g/mol. The summed E-state index contributed by atoms with van der Waals surface area (Å²) < 4.78 is 12.1. The second-order valence-corrected chi connectivity index (χ2v) is 9.66. The molecular weight excluding hydrogens is 510 g/mol. The number of hydrogen-bond donors (Lipinski definition) is 0. The lowest BCUT2D eigenvalue weighted by molar-refractivity contribution is -0.152. The van der Waals surface area contributed by atoms with E-state index in [-0.39, 0.29) is 18.4 Å². The summed E-state index contributed by atoms with van der Waals surface area (Å²) in [6.07, 6.45) is 1.54. The maximum Gasteiger partial charge on any atom is 0.326 e. The van der Waals surface area contributed by atoms with Crippen molar-refractivity contribution >= 4 is 33.5 Å². The first kappa shape index (κ1) is 25.7. The first-order valence-corrected chi connectivity index (χ1v) is 11.5. The number of anilines is 2. The number of benzene rings is 2. The fraction of sp³-hybridized carbons (Fsp3) is 0.269. The number of nitriles is 2. The number of ether oxygens (including phenoxy) is 2. The number of hydrogen-bond acceptors (Lipinski definition) is 8. The van der Waals surface area contributed by atoms with Crippen molar-refractivity contribution in [1.82, 2.24) is 9.97 Å². The standard InChI is InChI=1S/C26H24BrN5O3/c1-16-10-19(13-29)11-17(2)23(16)34-24-21(27)14-30-25(31-24)32(15-22(33)35-26(3,4)5)20-8-6-18(12-28)7-9-20/h6-11,14H,15H2,1-5H3. The SMILES string of the molecule is Cc1cc(C#N)cc(C)c1Oc1nc(N(CC(=O)OC(C)(C)C)c2ccc(C#N)cc2)ncc1Br. The topological polar surface area (TPSA) is 112 Å². The predicted molar refractivity (Wildman–Crippen MR) is 134 cm³/mol. The van der Waals surface area contributed by atoms with Crippen LogP contribution in [0.5, 0.6) is 11.6 Å². The van der Waals surface area contributed by atoms with Crippen LogP contribution in [0.2, 0.25) is 0 Å². The van der Waals surface area contributed by atoms with Gasteiger partial charge < -0.3 is 9.47 Å². The monoisotopic (exact) mass is 533 g/mol. The number of halogens is 1. The lowest BCUT2D eigenvalue weighted by Gasteiger charge is -2.25. The average Bonchev–Trinajstić information content (AvgIpc) is 2.80. The number of carbonyl (C=O) groups is 1. The van der Waals surface area contributed by atoms with Crippen LogP contribution in [0.4, 0.5) is 11.6 Å². The smallest absolute Gasteiger partial charge is 0.326 e. The number of aromatic nitrogens is 2. The minimum Gasteiger partial charge on any atom is -0.459 e. The summed E-state index contributed by atoms with van der Waals surface area (Å²) in [6.45, 7) is 8.93. The van der Waals surface area contributed by atoms with E-state index in [1.54, 1.807) is 62.1 Å². The summed E-state index contributed by atoms with van der Waals surface area (Å²) in [7, 11) is 0. The fourth-order valence-corrected chi connectivity index (χ4v) is 3.59. The molecule has 0 radical (unpaired) electrons. The Bertz CT molecular complexity index is 1310. The molecular formula is C26H24BrN5O3. The van der Waals surface area contributed by atoms with E-state index in [2.05, 4.69) is 38.0 Å². The lowest BCUT2D eigenvalue weighted by Crippen LogP contribution is -2.33. The Balaban J connectivity index is 2.02. The first-order valence-electron chi connectivity index (χ1n) is 10.7. The van der Waals surface area contributed by atoms with Crippen molar-refractivity contribution in [2.24, 2.45) is 0 Å². The Morgan fingerprint density at radius 3 is 2.20 bits per heavy atom. The van der Waals surface area contributed by atoms with Crippen LogP contribution < -0.4 is 9.64 Å². The molecule has 1 heterocycles. The number of nitrogens with zero attached hydrogens (tertiary/aromatic N) is 5. The van der Waals surface area contributed by atoms with E-state index in [4.69, 9.17) is 14.7 Å². The van der Waals surface area contributed by atoms with Crippen LogP contribution in [0.15, 0.2) is 47.1 Å². The van der Waals surface area contributed by atoms with E-state index in [0.29, 0.717) is 27.0 Å². The summed E-state index contributed by atoms with van der Waals surface area (Å²) in [6, 6.07) is 14.4. The molecule has 0 unspecified atom stereocenters. The van der Waals surface area contributed by atoms with Gasteiger partial charge in [0.15, 0.2) is 0 Å². The summed E-state index contributed by atoms with van der Waals surface area (Å²) in [5.74, 6) is 0.567. The van der Waals surface area contributed by atoms with E-state index in [1.807, 2.05) is 13.8 Å². The summed E-state index contributed by atoms with van der Waals surface area (Å²) in [4.78, 5) is 23.2. The summed E-state index contributed by atoms with van der Waals surface area (Å²) in [5, 5.41) is 18.4. The first-order chi connectivity index (χ1) is 16.5. The Morgan fingerprint density at radius 2 is 1.66 bits per heavy atom. The van der Waals surface area contributed by atoms with Gasteiger partial charge in [-0.3, -0.25) is 9.69 Å². The zero-order valence-electron chi connectivity index (χ0n) is 20.1. The van der Waals surface area contributed by atoms with Crippen LogP contribution in [0.25, 0.3) is 0 Å². The number of carbonyl (C=O) groups excluding carboxylic acids is 1. The Hall–Kier alpha value is -3.95. The summed E-state index contributed by atoms with van der Waals surface area (Å²) in [5.41, 5.74) is 2.54. The molecule has 3 rings (SSSR count). The van der Waals surface area contributed by atoms with Crippen molar-refractivity contribution in [3.63, 3.8) is 0 Å². The van der Waals surface area contributed by atoms with E-state index in [1.165, 1.54) is 6.20 Å². The van der Waals surface area contributed by atoms with E-state index in [9.17, 15) is 10.1 Å². The van der Waals surface area contributed by atoms with Crippen molar-refractivity contribution in [2.45, 2.75) is 40.2 Å². The molecule has 0 aliphatic heterocycles. The largest absolute Gasteiger partial charge is 0.459 e. The highest BCUT2D eigenvalue weighted by Gasteiger charge is 2.23. The molecule has 0 fully saturated rings. The van der Waals surface area contributed by atoms with Crippen LogP contribution in [0, 0.1) is 36.5 Å². The molecule has 0 aliphatic rings. The third-order valence-electron chi connectivity index (χ3n) is 4.74. The van der Waals surface area contributed by atoms with Gasteiger partial charge in [-0.05, 0) is 98.1 Å². The van der Waals surface area contributed by atoms with Crippen LogP contribution in [0.1, 0.15) is 43.0 Å². The quantitative estimate of drug-likeness (QED) is 0.361. The van der Waals surface area contributed by atoms with Gasteiger partial charge >= 0.3 is 5.97 Å². The zero-order chi connectivity index (χ0) is 25.8. The Kier molecular flexibility index (Phi) is 7.73. The molecule has 35 heavy (non-hydrogen) atoms. The van der Waals surface area contributed by atoms with Crippen molar-refractivity contribution in [3.05, 3.63) is 69.3 Å². The molecule has 2 aromatic carbocycles. The lowest BCUT2D eigenvalue weighted by atomic mass is 10.1. The third-order valence-corrected chi connectivity index (χ3v) is 5.29. The van der Waals surface area contributed by atoms with Gasteiger partial charge in [0.25, 0.3) is 0 Å². The van der Waals surface area contributed by atoms with Crippen LogP contribution in [-0.4, -0.2) is 28.1 Å². The van der Waals surface area contributed by atoms with Gasteiger partial charge in [-0.15, -0.1) is 0 Å². The van der Waals surface area contributed by atoms with Gasteiger partial charge in [-0.2, -0.15) is 15.5 Å². The molecule has 8 nitrogen and oxygen atoms in total. The van der Waals surface area contributed by atoms with Gasteiger partial charge in [-0.25, -0.2) is 4.98 Å². The molecule has 0 saturated carbocycles. The highest BCUT2D eigenvalue weighted by molar-refractivity contribution is 9.10. The van der Waals surface area contributed by atoms with Gasteiger partial charge in [0.1, 0.15) is 17.9 Å². The Labute approximate surface area is 212 Å². The zero-order valence-corrected chi connectivity index (χ0v) is 21.7. The van der Waals surface area contributed by atoms with Gasteiger partial charge in [0.2, 0.25) is 11.8 Å². The molecule has 9 heteroatoms. The van der Waals surface area contributed by atoms with Gasteiger partial charge in [0, 0.05) is 5.69 Å². The van der Waals surface area contributed by atoms with Crippen molar-refractivity contribution in [3.8, 4) is 23.8 Å². The normalized spacial score (nSPS) is 10.7. The minimum absolute atomic E-state index is 0.154. The Morgan fingerprint density at radius 1 is 1.06 bits per heavy atom. The minimum atomic E-state index is -0.660. The maximum absolute atomic E-state index is 12.7. The van der Waals surface area contributed by atoms with Gasteiger partial charge in [0.05, 0.1) is 33.9 Å². The molecule has 1 aromatic heterocycles. The highest BCUT2D eigenvalue weighted by Crippen LogP contribution is 2.34. The van der Waals surface area contributed by atoms with Crippen molar-refractivity contribution < 1.29 is 14.3 Å². The number of rotatable bonds is 6. The second kappa shape index (κ2) is 10.5. The van der Waals surface area contributed by atoms with Crippen molar-refractivity contribution in [2.75, 3.05) is 11.4 Å². The number of esters is 1. The molecule has 0 bridgehead atoms. The molecule has 0 aliphatic carbocycles. The highest BCUT2D eigenvalue weighted by atomic mass is 79.9. The molecule has 0 atom stereocenters. The van der Waals surface area contributed by atoms with E-state index in [0.717, 1.165) is 11.1 Å². The molecule has 0 spiro atoms. The molecule has 3 aromatic rings. The van der Waals surface area contributed by atoms with E-state index < -0.39 is 11.6 Å². The predicted octanol–water partition coefficient (Wildman–Crippen LogP) is 5.87. The maximum atomic E-state index is 12.7. The second-order valence-electron chi connectivity index (χ2n) is 8.81. The molecule has 0 amide bonds. The molecule has 178 valence electrons. The summed E-state index contributed by atoms with van der Waals surface area (Å²) >= 11 is 3.43. The van der Waals surface area contributed by atoms with Crippen LogP contribution in [0.3, 0.4) is 0 Å². The van der Waals surface area contributed by atoms with Crippen LogP contribution >= 0.6 is 15.9 Å². The van der Waals surface area contributed by atoms with Crippen molar-refractivity contribution in [1.29, 1.82) is 10.5 Å². The van der Waals surface area contributed by atoms with E-state index >= 15 is 0 Å². The fourth-order valence-electron chi connectivity index (χ4n) is 3.31. The molecule has 0 saturated heterocycles. The van der Waals surface area contributed by atoms with Gasteiger partial charge in [-0.1, -0.05) is 0 Å². The van der Waals surface area contributed by atoms with Crippen LogP contribution in [-0.2, 0) is 9.53 Å². The third kappa shape index (κ3) is 6.56. The number of aryl methyl sites for hydroxylation is 2.